The first kappa shape index (κ1) is 40.8. The van der Waals surface area contributed by atoms with Crippen LogP contribution in [0.3, 0.4) is 0 Å². The third-order valence-corrected chi connectivity index (χ3v) is 16.0. The highest BCUT2D eigenvalue weighted by molar-refractivity contribution is 6.21. The number of para-hydroxylation sites is 8. The zero-order valence-corrected chi connectivity index (χ0v) is 40.3. The lowest BCUT2D eigenvalue weighted by atomic mass is 9.98. The molecular weight excluding hydrogens is 933 g/mol. The average Bonchev–Trinajstić information content (AvgIpc) is 4.37. The maximum Gasteiger partial charge on any atom is 0.136 e. The van der Waals surface area contributed by atoms with Crippen molar-refractivity contribution in [1.29, 1.82) is 10.5 Å². The van der Waals surface area contributed by atoms with Gasteiger partial charge in [0.15, 0.2) is 0 Å². The summed E-state index contributed by atoms with van der Waals surface area (Å²) >= 11 is 0. The van der Waals surface area contributed by atoms with Gasteiger partial charge in [-0.15, -0.1) is 0 Å². The van der Waals surface area contributed by atoms with Gasteiger partial charge in [-0.3, -0.25) is 0 Å². The van der Waals surface area contributed by atoms with Crippen LogP contribution in [-0.4, -0.2) is 18.3 Å². The van der Waals surface area contributed by atoms with Crippen LogP contribution in [0.1, 0.15) is 11.1 Å². The van der Waals surface area contributed by atoms with E-state index in [1.54, 1.807) is 0 Å². The van der Waals surface area contributed by atoms with Gasteiger partial charge in [-0.05, 0) is 72.8 Å². The smallest absolute Gasteiger partial charge is 0.136 e. The Hall–Kier alpha value is -10.8. The molecule has 0 bridgehead atoms. The number of rotatable bonds is 4. The first-order chi connectivity index (χ1) is 37.7. The Labute approximate surface area is 431 Å². The maximum atomic E-state index is 12.8. The lowest BCUT2D eigenvalue weighted by molar-refractivity contribution is 0.669. The summed E-state index contributed by atoms with van der Waals surface area (Å²) in [4.78, 5) is 0. The summed E-state index contributed by atoms with van der Waals surface area (Å²) in [7, 11) is 0. The van der Waals surface area contributed by atoms with E-state index in [9.17, 15) is 10.5 Å². The zero-order chi connectivity index (χ0) is 49.9. The van der Waals surface area contributed by atoms with Crippen molar-refractivity contribution in [1.82, 2.24) is 18.3 Å². The van der Waals surface area contributed by atoms with Crippen molar-refractivity contribution in [2.45, 2.75) is 0 Å². The minimum Gasteiger partial charge on any atom is -0.456 e. The van der Waals surface area contributed by atoms with Crippen molar-refractivity contribution < 1.29 is 8.83 Å². The van der Waals surface area contributed by atoms with Crippen molar-refractivity contribution in [3.8, 4) is 34.9 Å². The molecule has 0 fully saturated rings. The minimum atomic E-state index is 0.387. The lowest BCUT2D eigenvalue weighted by Gasteiger charge is -2.27. The molecule has 0 spiro atoms. The van der Waals surface area contributed by atoms with Crippen molar-refractivity contribution >= 4 is 131 Å². The van der Waals surface area contributed by atoms with E-state index in [1.807, 2.05) is 36.4 Å². The molecule has 6 heterocycles. The number of aromatic nitrogens is 4. The molecule has 11 aromatic carbocycles. The highest BCUT2D eigenvalue weighted by Crippen LogP contribution is 2.50. The molecule has 17 aromatic rings. The normalized spacial score (nSPS) is 12.2. The second kappa shape index (κ2) is 14.9. The second-order valence-corrected chi connectivity index (χ2v) is 19.7. The molecule has 6 aromatic heterocycles. The van der Waals surface area contributed by atoms with Gasteiger partial charge < -0.3 is 27.1 Å². The number of fused-ring (bicyclic) bond motifs is 18. The topological polar surface area (TPSA) is 93.6 Å². The molecule has 0 aliphatic carbocycles. The quantitative estimate of drug-likeness (QED) is 0.176. The van der Waals surface area contributed by atoms with E-state index in [1.165, 1.54) is 0 Å². The van der Waals surface area contributed by atoms with Crippen LogP contribution < -0.4 is 0 Å². The zero-order valence-electron chi connectivity index (χ0n) is 40.3. The predicted molar refractivity (Wildman–Crippen MR) is 308 cm³/mol. The van der Waals surface area contributed by atoms with Gasteiger partial charge in [0.25, 0.3) is 0 Å². The fraction of sp³-hybridized carbons (Fsp3) is 0. The van der Waals surface area contributed by atoms with E-state index >= 15 is 0 Å². The first-order valence-corrected chi connectivity index (χ1v) is 25.4. The van der Waals surface area contributed by atoms with E-state index in [-0.39, 0.29) is 0 Å². The van der Waals surface area contributed by atoms with Gasteiger partial charge in [0.05, 0.1) is 66.9 Å². The van der Waals surface area contributed by atoms with Crippen molar-refractivity contribution in [3.05, 3.63) is 230 Å². The first-order valence-electron chi connectivity index (χ1n) is 25.4. The minimum absolute atomic E-state index is 0.387. The summed E-state index contributed by atoms with van der Waals surface area (Å²) in [6.45, 7) is 0. The number of hydrogen-bond acceptors (Lipinski definition) is 4. The monoisotopic (exact) mass is 968 g/mol. The molecule has 0 amide bonds. The molecule has 0 saturated carbocycles. The Morgan fingerprint density at radius 1 is 0.237 bits per heavy atom. The lowest BCUT2D eigenvalue weighted by Crippen LogP contribution is -2.16. The van der Waals surface area contributed by atoms with Crippen LogP contribution in [-0.2, 0) is 0 Å². The Morgan fingerprint density at radius 2 is 0.487 bits per heavy atom. The fourth-order valence-electron chi connectivity index (χ4n) is 13.0. The summed E-state index contributed by atoms with van der Waals surface area (Å²) in [6, 6.07) is 81.2. The predicted octanol–water partition coefficient (Wildman–Crippen LogP) is 17.6. The molecule has 0 aliphatic rings. The van der Waals surface area contributed by atoms with Gasteiger partial charge in [0.2, 0.25) is 0 Å². The number of furan rings is 2. The van der Waals surface area contributed by atoms with Crippen LogP contribution in [0.5, 0.6) is 0 Å². The van der Waals surface area contributed by atoms with Crippen molar-refractivity contribution in [3.63, 3.8) is 0 Å². The molecule has 350 valence electrons. The van der Waals surface area contributed by atoms with Crippen LogP contribution in [0, 0.1) is 22.7 Å². The summed E-state index contributed by atoms with van der Waals surface area (Å²) in [5.41, 5.74) is 13.3. The third-order valence-electron chi connectivity index (χ3n) is 16.0. The average molecular weight is 969 g/mol. The molecule has 0 radical (unpaired) electrons. The largest absolute Gasteiger partial charge is 0.456 e. The highest BCUT2D eigenvalue weighted by atomic mass is 16.3. The number of nitrogens with zero attached hydrogens (tertiary/aromatic N) is 6. The molecule has 0 saturated heterocycles. The van der Waals surface area contributed by atoms with Gasteiger partial charge in [-0.1, -0.05) is 146 Å². The van der Waals surface area contributed by atoms with E-state index in [0.717, 1.165) is 131 Å². The molecule has 8 heteroatoms. The Balaban J connectivity index is 1.18. The van der Waals surface area contributed by atoms with Crippen LogP contribution in [0.25, 0.3) is 154 Å². The van der Waals surface area contributed by atoms with Gasteiger partial charge in [0, 0.05) is 64.6 Å². The van der Waals surface area contributed by atoms with Crippen molar-refractivity contribution in [2.24, 2.45) is 0 Å². The molecule has 8 nitrogen and oxygen atoms in total. The third kappa shape index (κ3) is 5.18. The van der Waals surface area contributed by atoms with Crippen molar-refractivity contribution in [2.75, 3.05) is 0 Å². The van der Waals surface area contributed by atoms with Crippen LogP contribution in [0.4, 0.5) is 0 Å². The van der Waals surface area contributed by atoms with Crippen LogP contribution in [0.15, 0.2) is 227 Å². The molecule has 0 N–H and O–H groups in total. The van der Waals surface area contributed by atoms with Gasteiger partial charge >= 0.3 is 0 Å². The molecule has 17 rings (SSSR count). The Kier molecular flexibility index (Phi) is 7.99. The fourth-order valence-corrected chi connectivity index (χ4v) is 13.0. The molecule has 76 heavy (non-hydrogen) atoms. The summed E-state index contributed by atoms with van der Waals surface area (Å²) in [6.07, 6.45) is 0. The number of hydrogen-bond donors (Lipinski definition) is 0. The SMILES string of the molecule is N#Cc1c(-n2c3ccccc3c3ccccc32)c(-n2c3ccccc3c3cc4oc5ccccc5c4cc32)c(C#N)c(-n2c3ccccc3c3ccccc32)c1-n1c2ccccc2c2cc3oc4ccccc4c3cc21. The molecule has 0 unspecified atom stereocenters. The molecule has 0 aliphatic heterocycles. The molecule has 0 atom stereocenters. The van der Waals surface area contributed by atoms with Gasteiger partial charge in [0.1, 0.15) is 45.6 Å². The highest BCUT2D eigenvalue weighted by Gasteiger charge is 2.35. The number of nitriles is 2. The summed E-state index contributed by atoms with van der Waals surface area (Å²) < 4.78 is 22.1. The van der Waals surface area contributed by atoms with E-state index < -0.39 is 0 Å². The second-order valence-electron chi connectivity index (χ2n) is 19.7. The standard InChI is InChI=1S/C68H36N6O2/c69-37-51-65(71-53-25-9-1-17-39(53)40-18-2-10-26-54(40)71)67(73-57-29-13-5-21-43(57)47-35-63-49(33-59(47)73)45-23-7-15-31-61(45)75-63)52(38-70)66(72-55-27-11-3-19-41(55)42-20-4-12-28-56(42)72)68(51)74-58-30-14-6-22-44(58)48-36-64-50(34-60(48)74)46-24-8-16-32-62(46)76-64/h1-36H. The van der Waals surface area contributed by atoms with E-state index in [4.69, 9.17) is 8.83 Å². The Bertz CT molecular complexity index is 5070. The van der Waals surface area contributed by atoms with E-state index in [0.29, 0.717) is 33.9 Å². The summed E-state index contributed by atoms with van der Waals surface area (Å²) in [5, 5.41) is 37.4. The maximum absolute atomic E-state index is 12.8. The van der Waals surface area contributed by atoms with Gasteiger partial charge in [-0.25, -0.2) is 0 Å². The Morgan fingerprint density at radius 3 is 0.789 bits per heavy atom. The summed E-state index contributed by atoms with van der Waals surface area (Å²) in [5.74, 6) is 0. The van der Waals surface area contributed by atoms with Crippen LogP contribution in [0.2, 0.25) is 0 Å². The van der Waals surface area contributed by atoms with E-state index in [2.05, 4.69) is 212 Å². The number of benzene rings is 11. The molecular formula is C68H36N6O2. The van der Waals surface area contributed by atoms with Gasteiger partial charge in [-0.2, -0.15) is 10.5 Å². The van der Waals surface area contributed by atoms with Crippen LogP contribution >= 0.6 is 0 Å².